The van der Waals surface area contributed by atoms with E-state index >= 15 is 0 Å². The summed E-state index contributed by atoms with van der Waals surface area (Å²) in [6, 6.07) is 8.14. The van der Waals surface area contributed by atoms with Gasteiger partial charge in [0.25, 0.3) is 5.91 Å². The second-order valence-electron chi connectivity index (χ2n) is 6.18. The predicted octanol–water partition coefficient (Wildman–Crippen LogP) is 2.25. The van der Waals surface area contributed by atoms with E-state index in [0.29, 0.717) is 12.5 Å². The lowest BCUT2D eigenvalue weighted by Crippen LogP contribution is -2.33. The summed E-state index contributed by atoms with van der Waals surface area (Å²) >= 11 is 0. The summed E-state index contributed by atoms with van der Waals surface area (Å²) in [4.78, 5) is 14.1. The van der Waals surface area contributed by atoms with E-state index in [1.165, 1.54) is 5.56 Å². The van der Waals surface area contributed by atoms with Gasteiger partial charge in [0.1, 0.15) is 5.75 Å². The molecule has 1 atom stereocenters. The van der Waals surface area contributed by atoms with Gasteiger partial charge in [0, 0.05) is 19.3 Å². The molecule has 0 N–H and O–H groups in total. The molecule has 1 aromatic heterocycles. The van der Waals surface area contributed by atoms with Gasteiger partial charge in [-0.05, 0) is 30.0 Å². The lowest BCUT2D eigenvalue weighted by Gasteiger charge is -2.17. The standard InChI is InChI=1S/C17H22N4O2/c1-13(2)14-3-5-16(6-4-14)23-12-17(22)20-9-7-15(11-20)21-10-8-18-19-21/h3-6,8,10,13,15H,7,9,11-12H2,1-2H3. The van der Waals surface area contributed by atoms with E-state index in [4.69, 9.17) is 4.74 Å². The monoisotopic (exact) mass is 314 g/mol. The maximum absolute atomic E-state index is 12.3. The van der Waals surface area contributed by atoms with Crippen molar-refractivity contribution in [2.24, 2.45) is 0 Å². The molecule has 0 bridgehead atoms. The van der Waals surface area contributed by atoms with Crippen LogP contribution in [0.3, 0.4) is 0 Å². The molecule has 0 saturated carbocycles. The highest BCUT2D eigenvalue weighted by Gasteiger charge is 2.27. The van der Waals surface area contributed by atoms with Crippen LogP contribution >= 0.6 is 0 Å². The SMILES string of the molecule is CC(C)c1ccc(OCC(=O)N2CCC(n3ccnn3)C2)cc1. The van der Waals surface area contributed by atoms with Crippen molar-refractivity contribution in [3.8, 4) is 5.75 Å². The summed E-state index contributed by atoms with van der Waals surface area (Å²) < 4.78 is 7.43. The Labute approximate surface area is 136 Å². The molecular formula is C17H22N4O2. The second-order valence-corrected chi connectivity index (χ2v) is 6.18. The molecule has 1 unspecified atom stereocenters. The lowest BCUT2D eigenvalue weighted by atomic mass is 10.0. The van der Waals surface area contributed by atoms with Crippen LogP contribution in [0.5, 0.6) is 5.75 Å². The lowest BCUT2D eigenvalue weighted by molar-refractivity contribution is -0.132. The zero-order chi connectivity index (χ0) is 16.2. The third-order valence-corrected chi connectivity index (χ3v) is 4.24. The molecule has 0 aliphatic carbocycles. The molecule has 2 heterocycles. The van der Waals surface area contributed by atoms with Gasteiger partial charge in [-0.25, -0.2) is 4.68 Å². The molecular weight excluding hydrogens is 292 g/mol. The fourth-order valence-electron chi connectivity index (χ4n) is 2.78. The minimum absolute atomic E-state index is 0.0144. The van der Waals surface area contributed by atoms with Crippen LogP contribution in [0.4, 0.5) is 0 Å². The van der Waals surface area contributed by atoms with Gasteiger partial charge in [0.2, 0.25) is 0 Å². The Morgan fingerprint density at radius 1 is 1.35 bits per heavy atom. The number of rotatable bonds is 5. The molecule has 0 spiro atoms. The van der Waals surface area contributed by atoms with E-state index in [2.05, 4.69) is 24.2 Å². The average molecular weight is 314 g/mol. The highest BCUT2D eigenvalue weighted by Crippen LogP contribution is 2.21. The van der Waals surface area contributed by atoms with Gasteiger partial charge in [-0.15, -0.1) is 5.10 Å². The van der Waals surface area contributed by atoms with Gasteiger partial charge in [-0.3, -0.25) is 4.79 Å². The van der Waals surface area contributed by atoms with Crippen LogP contribution in [0.25, 0.3) is 0 Å². The van der Waals surface area contributed by atoms with Gasteiger partial charge in [0.15, 0.2) is 6.61 Å². The number of carbonyl (C=O) groups is 1. The zero-order valence-electron chi connectivity index (χ0n) is 13.6. The number of aromatic nitrogens is 3. The van der Waals surface area contributed by atoms with Crippen molar-refractivity contribution >= 4 is 5.91 Å². The molecule has 1 saturated heterocycles. The third-order valence-electron chi connectivity index (χ3n) is 4.24. The van der Waals surface area contributed by atoms with Crippen LogP contribution in [-0.2, 0) is 4.79 Å². The third kappa shape index (κ3) is 3.70. The van der Waals surface area contributed by atoms with Gasteiger partial charge < -0.3 is 9.64 Å². The topological polar surface area (TPSA) is 60.2 Å². The normalized spacial score (nSPS) is 17.7. The fraction of sp³-hybridized carbons (Fsp3) is 0.471. The Balaban J connectivity index is 1.50. The van der Waals surface area contributed by atoms with Crippen LogP contribution in [0.2, 0.25) is 0 Å². The Morgan fingerprint density at radius 2 is 2.13 bits per heavy atom. The number of nitrogens with zero attached hydrogens (tertiary/aromatic N) is 4. The Hall–Kier alpha value is -2.37. The highest BCUT2D eigenvalue weighted by molar-refractivity contribution is 5.78. The van der Waals surface area contributed by atoms with Crippen molar-refractivity contribution in [2.75, 3.05) is 19.7 Å². The van der Waals surface area contributed by atoms with E-state index in [0.717, 1.165) is 18.7 Å². The largest absolute Gasteiger partial charge is 0.484 e. The van der Waals surface area contributed by atoms with Crippen LogP contribution in [0.1, 0.15) is 37.8 Å². The summed E-state index contributed by atoms with van der Waals surface area (Å²) in [7, 11) is 0. The Kier molecular flexibility index (Phi) is 4.60. The number of hydrogen-bond acceptors (Lipinski definition) is 4. The number of hydrogen-bond donors (Lipinski definition) is 0. The van der Waals surface area contributed by atoms with Crippen molar-refractivity contribution in [1.29, 1.82) is 0 Å². The summed E-state index contributed by atoms with van der Waals surface area (Å²) in [5.74, 6) is 1.24. The van der Waals surface area contributed by atoms with E-state index in [-0.39, 0.29) is 18.6 Å². The van der Waals surface area contributed by atoms with Crippen LogP contribution in [0, 0.1) is 0 Å². The maximum Gasteiger partial charge on any atom is 0.260 e. The summed E-state index contributed by atoms with van der Waals surface area (Å²) in [5, 5.41) is 7.82. The highest BCUT2D eigenvalue weighted by atomic mass is 16.5. The first-order valence-electron chi connectivity index (χ1n) is 8.00. The van der Waals surface area contributed by atoms with Crippen molar-refractivity contribution in [1.82, 2.24) is 19.9 Å². The molecule has 1 amide bonds. The first-order chi connectivity index (χ1) is 11.1. The minimum Gasteiger partial charge on any atom is -0.484 e. The van der Waals surface area contributed by atoms with Gasteiger partial charge in [0.05, 0.1) is 12.2 Å². The molecule has 23 heavy (non-hydrogen) atoms. The molecule has 122 valence electrons. The maximum atomic E-state index is 12.3. The smallest absolute Gasteiger partial charge is 0.260 e. The van der Waals surface area contributed by atoms with Crippen molar-refractivity contribution in [2.45, 2.75) is 32.2 Å². The van der Waals surface area contributed by atoms with Crippen LogP contribution < -0.4 is 4.74 Å². The van der Waals surface area contributed by atoms with Crippen LogP contribution in [0.15, 0.2) is 36.7 Å². The number of amides is 1. The van der Waals surface area contributed by atoms with E-state index in [1.807, 2.05) is 40.0 Å². The number of carbonyl (C=O) groups excluding carboxylic acids is 1. The quantitative estimate of drug-likeness (QED) is 0.849. The molecule has 1 aromatic carbocycles. The van der Waals surface area contributed by atoms with E-state index in [1.54, 1.807) is 6.20 Å². The number of ether oxygens (including phenoxy) is 1. The summed E-state index contributed by atoms with van der Waals surface area (Å²) in [6.45, 7) is 5.78. The molecule has 2 aromatic rings. The zero-order valence-corrected chi connectivity index (χ0v) is 13.6. The molecule has 6 heteroatoms. The first kappa shape index (κ1) is 15.5. The van der Waals surface area contributed by atoms with E-state index < -0.39 is 0 Å². The number of benzene rings is 1. The fourth-order valence-corrected chi connectivity index (χ4v) is 2.78. The van der Waals surface area contributed by atoms with Crippen molar-refractivity contribution < 1.29 is 9.53 Å². The van der Waals surface area contributed by atoms with Crippen molar-refractivity contribution in [3.63, 3.8) is 0 Å². The van der Waals surface area contributed by atoms with Crippen LogP contribution in [-0.4, -0.2) is 45.5 Å². The molecule has 3 rings (SSSR count). The predicted molar refractivity (Wildman–Crippen MR) is 86.3 cm³/mol. The Bertz CT molecular complexity index is 637. The van der Waals surface area contributed by atoms with Gasteiger partial charge in [-0.1, -0.05) is 31.2 Å². The van der Waals surface area contributed by atoms with Gasteiger partial charge >= 0.3 is 0 Å². The van der Waals surface area contributed by atoms with E-state index in [9.17, 15) is 4.79 Å². The molecule has 0 radical (unpaired) electrons. The first-order valence-corrected chi connectivity index (χ1v) is 8.00. The summed E-state index contributed by atoms with van der Waals surface area (Å²) in [5.41, 5.74) is 1.26. The average Bonchev–Trinajstić information content (AvgIpc) is 3.23. The number of likely N-dealkylation sites (tertiary alicyclic amines) is 1. The summed E-state index contributed by atoms with van der Waals surface area (Å²) in [6.07, 6.45) is 4.40. The second kappa shape index (κ2) is 6.81. The minimum atomic E-state index is 0.0144. The van der Waals surface area contributed by atoms with Gasteiger partial charge in [-0.2, -0.15) is 0 Å². The van der Waals surface area contributed by atoms with Crippen molar-refractivity contribution in [3.05, 3.63) is 42.2 Å². The Morgan fingerprint density at radius 3 is 2.78 bits per heavy atom. The molecule has 1 aliphatic rings. The molecule has 1 aliphatic heterocycles. The molecule has 6 nitrogen and oxygen atoms in total. The molecule has 1 fully saturated rings.